The molecular formula is C13H15F2N3OS. The van der Waals surface area contributed by atoms with E-state index in [1.165, 1.54) is 17.6 Å². The fourth-order valence-electron chi connectivity index (χ4n) is 1.59. The van der Waals surface area contributed by atoms with Gasteiger partial charge in [0.25, 0.3) is 0 Å². The normalized spacial score (nSPS) is 10.8. The van der Waals surface area contributed by atoms with Crippen LogP contribution in [0.1, 0.15) is 19.4 Å². The molecule has 0 saturated carbocycles. The first-order valence-corrected chi connectivity index (χ1v) is 6.84. The van der Waals surface area contributed by atoms with Crippen LogP contribution in [0.2, 0.25) is 0 Å². The maximum atomic E-state index is 13.1. The van der Waals surface area contributed by atoms with Crippen LogP contribution in [0.5, 0.6) is 5.75 Å². The van der Waals surface area contributed by atoms with Gasteiger partial charge >= 0.3 is 0 Å². The first-order chi connectivity index (χ1) is 9.47. The topological polar surface area (TPSA) is 60.2 Å². The number of nitrogens with two attached hydrogens (primary N) is 1. The van der Waals surface area contributed by atoms with Crippen molar-refractivity contribution in [2.75, 3.05) is 11.1 Å². The van der Waals surface area contributed by atoms with E-state index in [9.17, 15) is 8.78 Å². The number of nitrogens with zero attached hydrogens (tertiary/aromatic N) is 1. The molecule has 2 rings (SSSR count). The van der Waals surface area contributed by atoms with E-state index in [0.29, 0.717) is 28.7 Å². The summed E-state index contributed by atoms with van der Waals surface area (Å²) in [5.74, 6) is -0.921. The number of benzene rings is 1. The number of aromatic nitrogens is 1. The average Bonchev–Trinajstić information content (AvgIpc) is 2.72. The molecule has 4 nitrogen and oxygen atoms in total. The molecule has 0 atom stereocenters. The number of hydrogen-bond donors (Lipinski definition) is 2. The van der Waals surface area contributed by atoms with Crippen molar-refractivity contribution >= 4 is 22.4 Å². The first-order valence-electron chi connectivity index (χ1n) is 6.07. The lowest BCUT2D eigenvalue weighted by Gasteiger charge is -2.11. The van der Waals surface area contributed by atoms with E-state index >= 15 is 0 Å². The van der Waals surface area contributed by atoms with Gasteiger partial charge in [-0.2, -0.15) is 4.37 Å². The Morgan fingerprint density at radius 3 is 2.75 bits per heavy atom. The van der Waals surface area contributed by atoms with Crippen LogP contribution in [0.4, 0.5) is 19.6 Å². The lowest BCUT2D eigenvalue weighted by molar-refractivity contribution is 0.245. The molecule has 0 bridgehead atoms. The summed E-state index contributed by atoms with van der Waals surface area (Å²) in [6, 6.07) is 3.76. The third-order valence-electron chi connectivity index (χ3n) is 2.46. The zero-order chi connectivity index (χ0) is 14.7. The van der Waals surface area contributed by atoms with Gasteiger partial charge in [-0.3, -0.25) is 0 Å². The molecule has 0 unspecified atom stereocenters. The molecule has 1 heterocycles. The van der Waals surface area contributed by atoms with Crippen molar-refractivity contribution in [2.45, 2.75) is 26.5 Å². The highest BCUT2D eigenvalue weighted by Crippen LogP contribution is 2.36. The van der Waals surface area contributed by atoms with Gasteiger partial charge in [-0.15, -0.1) is 0 Å². The standard InChI is InChI=1S/C13H15F2N3OS/c1-7(2)19-11-12(16)18-20-13(11)17-6-8-3-4-9(14)10(15)5-8/h3-5,7,17H,6H2,1-2H3,(H2,16,18). The number of hydrogen-bond acceptors (Lipinski definition) is 5. The SMILES string of the molecule is CC(C)Oc1c(N)nsc1NCc1ccc(F)c(F)c1. The van der Waals surface area contributed by atoms with Gasteiger partial charge in [0.2, 0.25) is 0 Å². The monoisotopic (exact) mass is 299 g/mol. The summed E-state index contributed by atoms with van der Waals surface area (Å²) >= 11 is 1.17. The molecule has 0 aliphatic carbocycles. The maximum absolute atomic E-state index is 13.1. The van der Waals surface area contributed by atoms with E-state index in [1.54, 1.807) is 0 Å². The fourth-order valence-corrected chi connectivity index (χ4v) is 2.23. The highest BCUT2D eigenvalue weighted by atomic mass is 32.1. The Hall–Kier alpha value is -1.89. The van der Waals surface area contributed by atoms with Crippen molar-refractivity contribution in [1.29, 1.82) is 0 Å². The predicted octanol–water partition coefficient (Wildman–Crippen LogP) is 3.40. The second-order valence-electron chi connectivity index (χ2n) is 4.49. The molecule has 0 saturated heterocycles. The lowest BCUT2D eigenvalue weighted by atomic mass is 10.2. The highest BCUT2D eigenvalue weighted by Gasteiger charge is 2.14. The van der Waals surface area contributed by atoms with Crippen molar-refractivity contribution in [3.05, 3.63) is 35.4 Å². The van der Waals surface area contributed by atoms with Crippen LogP contribution in [0.15, 0.2) is 18.2 Å². The summed E-state index contributed by atoms with van der Waals surface area (Å²) in [5.41, 5.74) is 6.34. The van der Waals surface area contributed by atoms with Crippen LogP contribution in [-0.2, 0) is 6.54 Å². The Morgan fingerprint density at radius 1 is 1.35 bits per heavy atom. The Bertz CT molecular complexity index is 601. The molecule has 1 aromatic heterocycles. The van der Waals surface area contributed by atoms with Crippen molar-refractivity contribution in [1.82, 2.24) is 4.37 Å². The highest BCUT2D eigenvalue weighted by molar-refractivity contribution is 7.11. The van der Waals surface area contributed by atoms with E-state index in [4.69, 9.17) is 10.5 Å². The second-order valence-corrected chi connectivity index (χ2v) is 5.27. The Morgan fingerprint density at radius 2 is 2.10 bits per heavy atom. The van der Waals surface area contributed by atoms with Crippen LogP contribution >= 0.6 is 11.5 Å². The smallest absolute Gasteiger partial charge is 0.197 e. The van der Waals surface area contributed by atoms with E-state index in [0.717, 1.165) is 12.1 Å². The molecule has 0 spiro atoms. The zero-order valence-electron chi connectivity index (χ0n) is 11.1. The van der Waals surface area contributed by atoms with Gasteiger partial charge in [-0.05, 0) is 43.1 Å². The molecule has 0 fully saturated rings. The zero-order valence-corrected chi connectivity index (χ0v) is 11.9. The molecule has 3 N–H and O–H groups in total. The minimum absolute atomic E-state index is 0.0301. The molecule has 1 aromatic carbocycles. The van der Waals surface area contributed by atoms with Crippen molar-refractivity contribution in [3.63, 3.8) is 0 Å². The van der Waals surface area contributed by atoms with E-state index in [1.807, 2.05) is 13.8 Å². The Labute approximate surface area is 119 Å². The van der Waals surface area contributed by atoms with Gasteiger partial charge in [0, 0.05) is 6.54 Å². The van der Waals surface area contributed by atoms with Gasteiger partial charge < -0.3 is 15.8 Å². The molecular weight excluding hydrogens is 284 g/mol. The van der Waals surface area contributed by atoms with Gasteiger partial charge in [0.1, 0.15) is 0 Å². The van der Waals surface area contributed by atoms with Crippen LogP contribution in [0.25, 0.3) is 0 Å². The average molecular weight is 299 g/mol. The number of nitrogen functional groups attached to an aromatic ring is 1. The summed E-state index contributed by atoms with van der Waals surface area (Å²) in [4.78, 5) is 0. The number of rotatable bonds is 5. The van der Waals surface area contributed by atoms with Gasteiger partial charge in [-0.25, -0.2) is 8.78 Å². The van der Waals surface area contributed by atoms with Crippen molar-refractivity contribution < 1.29 is 13.5 Å². The maximum Gasteiger partial charge on any atom is 0.197 e. The number of nitrogens with one attached hydrogen (secondary N) is 1. The van der Waals surface area contributed by atoms with Crippen LogP contribution in [0, 0.1) is 11.6 Å². The summed E-state index contributed by atoms with van der Waals surface area (Å²) in [5, 5.41) is 3.73. The molecule has 0 aliphatic rings. The van der Waals surface area contributed by atoms with Crippen LogP contribution in [0.3, 0.4) is 0 Å². The van der Waals surface area contributed by atoms with Crippen LogP contribution in [-0.4, -0.2) is 10.5 Å². The van der Waals surface area contributed by atoms with Gasteiger partial charge in [0.15, 0.2) is 28.2 Å². The fraction of sp³-hybridized carbons (Fsp3) is 0.308. The molecule has 108 valence electrons. The molecule has 0 radical (unpaired) electrons. The summed E-state index contributed by atoms with van der Waals surface area (Å²) in [6.07, 6.45) is -0.0301. The first kappa shape index (κ1) is 14.5. The van der Waals surface area contributed by atoms with E-state index in [-0.39, 0.29) is 6.10 Å². The minimum atomic E-state index is -0.869. The lowest BCUT2D eigenvalue weighted by Crippen LogP contribution is -2.08. The quantitative estimate of drug-likeness (QED) is 0.888. The molecule has 2 aromatic rings. The second kappa shape index (κ2) is 6.04. The summed E-state index contributed by atoms with van der Waals surface area (Å²) in [7, 11) is 0. The van der Waals surface area contributed by atoms with Crippen LogP contribution < -0.4 is 15.8 Å². The summed E-state index contributed by atoms with van der Waals surface area (Å²) < 4.78 is 35.5. The molecule has 20 heavy (non-hydrogen) atoms. The largest absolute Gasteiger partial charge is 0.484 e. The number of ether oxygens (including phenoxy) is 1. The van der Waals surface area contributed by atoms with Gasteiger partial charge in [-0.1, -0.05) is 6.07 Å². The molecule has 7 heteroatoms. The number of anilines is 2. The minimum Gasteiger partial charge on any atom is -0.484 e. The Kier molecular flexibility index (Phi) is 4.39. The van der Waals surface area contributed by atoms with Gasteiger partial charge in [0.05, 0.1) is 6.10 Å². The Balaban J connectivity index is 2.08. The predicted molar refractivity (Wildman–Crippen MR) is 76.0 cm³/mol. The molecule has 0 amide bonds. The van der Waals surface area contributed by atoms with E-state index in [2.05, 4.69) is 9.69 Å². The van der Waals surface area contributed by atoms with E-state index < -0.39 is 11.6 Å². The number of halogens is 2. The third-order valence-corrected chi connectivity index (χ3v) is 3.27. The molecule has 0 aliphatic heterocycles. The van der Waals surface area contributed by atoms with Crippen molar-refractivity contribution in [3.8, 4) is 5.75 Å². The summed E-state index contributed by atoms with van der Waals surface area (Å²) in [6.45, 7) is 4.10. The van der Waals surface area contributed by atoms with Crippen molar-refractivity contribution in [2.24, 2.45) is 0 Å². The third kappa shape index (κ3) is 3.36.